The molecule has 1 rings (SSSR count). The lowest BCUT2D eigenvalue weighted by Crippen LogP contribution is -1.95. The van der Waals surface area contributed by atoms with E-state index >= 15 is 0 Å². The molecule has 0 heterocycles. The highest BCUT2D eigenvalue weighted by molar-refractivity contribution is 5.42. The van der Waals surface area contributed by atoms with Gasteiger partial charge in [-0.2, -0.15) is 5.26 Å². The van der Waals surface area contributed by atoms with Crippen LogP contribution in [0, 0.1) is 11.3 Å². The van der Waals surface area contributed by atoms with Gasteiger partial charge in [-0.1, -0.05) is 26.0 Å². The van der Waals surface area contributed by atoms with E-state index in [1.54, 1.807) is 12.1 Å². The third kappa shape index (κ3) is 2.11. The predicted octanol–water partition coefficient (Wildman–Crippen LogP) is 3.71. The molecule has 0 aromatic heterocycles. The van der Waals surface area contributed by atoms with Crippen LogP contribution in [-0.2, 0) is 0 Å². The van der Waals surface area contributed by atoms with Gasteiger partial charge in [0.25, 0.3) is 0 Å². The summed E-state index contributed by atoms with van der Waals surface area (Å²) in [7, 11) is 0. The molecule has 0 saturated heterocycles. The van der Waals surface area contributed by atoms with E-state index in [1.807, 2.05) is 12.1 Å². The molecule has 1 aromatic rings. The second kappa shape index (κ2) is 4.23. The second-order valence-electron chi connectivity index (χ2n) is 3.73. The van der Waals surface area contributed by atoms with E-state index in [0.29, 0.717) is 17.0 Å². The van der Waals surface area contributed by atoms with Crippen LogP contribution >= 0.6 is 0 Å². The van der Waals surface area contributed by atoms with Crippen molar-refractivity contribution in [2.75, 3.05) is 0 Å². The third-order valence-electron chi connectivity index (χ3n) is 2.29. The highest BCUT2D eigenvalue weighted by Crippen LogP contribution is 2.24. The number of nitriles is 1. The van der Waals surface area contributed by atoms with E-state index in [9.17, 15) is 4.39 Å². The van der Waals surface area contributed by atoms with Crippen LogP contribution in [0.1, 0.15) is 49.6 Å². The maximum absolute atomic E-state index is 13.1. The molecule has 0 bridgehead atoms. The first-order valence-electron chi connectivity index (χ1n) is 4.74. The van der Waals surface area contributed by atoms with E-state index in [0.717, 1.165) is 5.56 Å². The summed E-state index contributed by atoms with van der Waals surface area (Å²) in [6, 6.07) is 7.40. The zero-order chi connectivity index (χ0) is 10.7. The van der Waals surface area contributed by atoms with Crippen molar-refractivity contribution in [3.05, 3.63) is 34.9 Å². The Labute approximate surface area is 84.2 Å². The minimum Gasteiger partial charge on any atom is -0.243 e. The minimum atomic E-state index is -1.08. The lowest BCUT2D eigenvalue weighted by Gasteiger charge is -2.09. The van der Waals surface area contributed by atoms with Crippen molar-refractivity contribution in [3.8, 4) is 6.07 Å². The summed E-state index contributed by atoms with van der Waals surface area (Å²) in [5.41, 5.74) is 2.01. The van der Waals surface area contributed by atoms with Crippen LogP contribution in [-0.4, -0.2) is 0 Å². The normalized spacial score (nSPS) is 12.6. The largest absolute Gasteiger partial charge is 0.243 e. The molecule has 0 spiro atoms. The van der Waals surface area contributed by atoms with E-state index in [1.165, 1.54) is 6.92 Å². The predicted molar refractivity (Wildman–Crippen MR) is 54.8 cm³/mol. The topological polar surface area (TPSA) is 23.8 Å². The van der Waals surface area contributed by atoms with E-state index in [2.05, 4.69) is 13.8 Å². The monoisotopic (exact) mass is 191 g/mol. The van der Waals surface area contributed by atoms with Crippen LogP contribution < -0.4 is 0 Å². The zero-order valence-electron chi connectivity index (χ0n) is 8.71. The first kappa shape index (κ1) is 10.7. The fourth-order valence-electron chi connectivity index (χ4n) is 1.38. The van der Waals surface area contributed by atoms with Crippen molar-refractivity contribution in [3.63, 3.8) is 0 Å². The minimum absolute atomic E-state index is 0.367. The van der Waals surface area contributed by atoms with Crippen molar-refractivity contribution in [1.82, 2.24) is 0 Å². The number of halogens is 1. The van der Waals surface area contributed by atoms with Gasteiger partial charge in [-0.15, -0.1) is 0 Å². The van der Waals surface area contributed by atoms with Crippen LogP contribution in [0.5, 0.6) is 0 Å². The third-order valence-corrected chi connectivity index (χ3v) is 2.29. The summed E-state index contributed by atoms with van der Waals surface area (Å²) < 4.78 is 13.1. The molecule has 1 nitrogen and oxygen atoms in total. The number of hydrogen-bond acceptors (Lipinski definition) is 1. The first-order valence-corrected chi connectivity index (χ1v) is 4.74. The van der Waals surface area contributed by atoms with E-state index in [4.69, 9.17) is 5.26 Å². The Bertz CT molecular complexity index is 361. The van der Waals surface area contributed by atoms with Gasteiger partial charge in [0, 0.05) is 5.56 Å². The molecule has 0 amide bonds. The van der Waals surface area contributed by atoms with Gasteiger partial charge in [0.2, 0.25) is 0 Å². The fraction of sp³-hybridized carbons (Fsp3) is 0.417. The Hall–Kier alpha value is -1.36. The number of benzene rings is 1. The Morgan fingerprint density at radius 1 is 1.29 bits per heavy atom. The lowest BCUT2D eigenvalue weighted by molar-refractivity contribution is 0.373. The first-order chi connectivity index (χ1) is 6.56. The standard InChI is InChI=1S/C12H14FN/c1-8(2)10-4-5-12(9(3)13)11(6-10)7-14/h4-6,8-9H,1-3H3. The second-order valence-corrected chi connectivity index (χ2v) is 3.73. The SMILES string of the molecule is CC(C)c1ccc(C(C)F)c(C#N)c1. The van der Waals surface area contributed by atoms with Crippen molar-refractivity contribution in [1.29, 1.82) is 5.26 Å². The van der Waals surface area contributed by atoms with Crippen LogP contribution in [0.4, 0.5) is 4.39 Å². The van der Waals surface area contributed by atoms with Gasteiger partial charge in [-0.25, -0.2) is 4.39 Å². The van der Waals surface area contributed by atoms with Crippen LogP contribution in [0.15, 0.2) is 18.2 Å². The summed E-state index contributed by atoms with van der Waals surface area (Å²) in [6.45, 7) is 5.55. The fourth-order valence-corrected chi connectivity index (χ4v) is 1.38. The van der Waals surface area contributed by atoms with Crippen molar-refractivity contribution in [2.45, 2.75) is 32.9 Å². The van der Waals surface area contributed by atoms with Gasteiger partial charge in [-0.3, -0.25) is 0 Å². The van der Waals surface area contributed by atoms with Crippen molar-refractivity contribution < 1.29 is 4.39 Å². The smallest absolute Gasteiger partial charge is 0.124 e. The van der Waals surface area contributed by atoms with E-state index < -0.39 is 6.17 Å². The van der Waals surface area contributed by atoms with Crippen LogP contribution in [0.2, 0.25) is 0 Å². The van der Waals surface area contributed by atoms with Gasteiger partial charge in [0.1, 0.15) is 6.17 Å². The quantitative estimate of drug-likeness (QED) is 0.699. The molecule has 0 aliphatic heterocycles. The zero-order valence-corrected chi connectivity index (χ0v) is 8.71. The lowest BCUT2D eigenvalue weighted by atomic mass is 9.96. The molecule has 74 valence electrons. The molecule has 0 radical (unpaired) electrons. The maximum Gasteiger partial charge on any atom is 0.124 e. The molecule has 1 aromatic carbocycles. The average Bonchev–Trinajstić information content (AvgIpc) is 2.16. The Morgan fingerprint density at radius 3 is 2.36 bits per heavy atom. The average molecular weight is 191 g/mol. The van der Waals surface area contributed by atoms with Gasteiger partial charge < -0.3 is 0 Å². The summed E-state index contributed by atoms with van der Waals surface area (Å²) >= 11 is 0. The van der Waals surface area contributed by atoms with Gasteiger partial charge in [0.15, 0.2) is 0 Å². The highest BCUT2D eigenvalue weighted by atomic mass is 19.1. The van der Waals surface area contributed by atoms with Crippen LogP contribution in [0.25, 0.3) is 0 Å². The maximum atomic E-state index is 13.1. The summed E-state index contributed by atoms with van der Waals surface area (Å²) in [5.74, 6) is 0.367. The van der Waals surface area contributed by atoms with Crippen LogP contribution in [0.3, 0.4) is 0 Å². The molecule has 1 unspecified atom stereocenters. The molecule has 2 heteroatoms. The number of hydrogen-bond donors (Lipinski definition) is 0. The van der Waals surface area contributed by atoms with Crippen molar-refractivity contribution in [2.24, 2.45) is 0 Å². The summed E-state index contributed by atoms with van der Waals surface area (Å²) in [5, 5.41) is 8.86. The van der Waals surface area contributed by atoms with Gasteiger partial charge in [-0.05, 0) is 24.5 Å². The summed E-state index contributed by atoms with van der Waals surface area (Å²) in [4.78, 5) is 0. The molecule has 0 N–H and O–H groups in total. The highest BCUT2D eigenvalue weighted by Gasteiger charge is 2.10. The molecule has 0 aliphatic carbocycles. The number of rotatable bonds is 2. The molecule has 0 aliphatic rings. The molecule has 1 atom stereocenters. The van der Waals surface area contributed by atoms with Gasteiger partial charge in [0.05, 0.1) is 11.6 Å². The van der Waals surface area contributed by atoms with Crippen molar-refractivity contribution >= 4 is 0 Å². The Kier molecular flexibility index (Phi) is 3.24. The molecular weight excluding hydrogens is 177 g/mol. The van der Waals surface area contributed by atoms with Gasteiger partial charge >= 0.3 is 0 Å². The number of nitrogens with zero attached hydrogens (tertiary/aromatic N) is 1. The molecular formula is C12H14FN. The molecule has 0 saturated carbocycles. The summed E-state index contributed by atoms with van der Waals surface area (Å²) in [6.07, 6.45) is -1.08. The Morgan fingerprint density at radius 2 is 1.93 bits per heavy atom. The molecule has 14 heavy (non-hydrogen) atoms. The molecule has 0 fully saturated rings. The Balaban J connectivity index is 3.20. The number of alkyl halides is 1. The van der Waals surface area contributed by atoms with E-state index in [-0.39, 0.29) is 0 Å².